The van der Waals surface area contributed by atoms with E-state index in [1.807, 2.05) is 0 Å². The van der Waals surface area contributed by atoms with Crippen LogP contribution in [-0.2, 0) is 22.8 Å². The van der Waals surface area contributed by atoms with Crippen molar-refractivity contribution in [3.8, 4) is 5.69 Å². The molecular weight excluding hydrogens is 484 g/mol. The summed E-state index contributed by atoms with van der Waals surface area (Å²) in [5, 5.41) is 9.07. The van der Waals surface area contributed by atoms with Gasteiger partial charge in [-0.05, 0) is 19.1 Å². The van der Waals surface area contributed by atoms with Crippen molar-refractivity contribution < 1.29 is 27.8 Å². The van der Waals surface area contributed by atoms with E-state index in [1.165, 1.54) is 26.2 Å². The molecule has 0 unspecified atom stereocenters. The maximum Gasteiger partial charge on any atom is 0.431 e. The molecule has 2 aromatic rings. The molecule has 1 aromatic heterocycles. The largest absolute Gasteiger partial charge is 0.500 e. The predicted octanol–water partition coefficient (Wildman–Crippen LogP) is 3.96. The van der Waals surface area contributed by atoms with Crippen molar-refractivity contribution in [3.05, 3.63) is 66.1 Å². The van der Waals surface area contributed by atoms with E-state index >= 15 is 0 Å². The lowest BCUT2D eigenvalue weighted by Crippen LogP contribution is -2.40. The second-order valence-electron chi connectivity index (χ2n) is 6.12. The lowest BCUT2D eigenvalue weighted by atomic mass is 10.3. The van der Waals surface area contributed by atoms with Crippen LogP contribution in [0.3, 0.4) is 0 Å². The first kappa shape index (κ1) is 24.9. The fourth-order valence-electron chi connectivity index (χ4n) is 2.50. The van der Waals surface area contributed by atoms with E-state index < -0.39 is 29.1 Å². The number of ether oxygens (including phenoxy) is 1. The molecule has 1 aromatic carbocycles. The second-order valence-corrected chi connectivity index (χ2v) is 7.95. The van der Waals surface area contributed by atoms with Gasteiger partial charge in [-0.2, -0.15) is 13.2 Å². The zero-order valence-corrected chi connectivity index (χ0v) is 18.5. The molecule has 0 saturated heterocycles. The van der Waals surface area contributed by atoms with E-state index in [1.54, 1.807) is 0 Å². The number of carboxylic acid groups (broad SMARTS) is 1. The van der Waals surface area contributed by atoms with Crippen LogP contribution in [0.2, 0.25) is 10.0 Å². The SMILES string of the molecule is COC(CSc1cc(-n2c(=O)cc(C(F)(F)F)n(C)c2=O)c(Cl)cc1Cl)=C(C)C(=O)O. The number of thioether (sulfide) groups is 1. The van der Waals surface area contributed by atoms with Gasteiger partial charge >= 0.3 is 17.8 Å². The van der Waals surface area contributed by atoms with Gasteiger partial charge in [0.2, 0.25) is 0 Å². The molecule has 7 nitrogen and oxygen atoms in total. The number of carboxylic acids is 1. The Hall–Kier alpha value is -2.37. The fraction of sp³-hybridized carbons (Fsp3) is 0.278. The number of halogens is 5. The molecular formula is C18H15Cl2F3N2O5S. The number of benzene rings is 1. The molecule has 0 radical (unpaired) electrons. The Bertz CT molecular complexity index is 1190. The van der Waals surface area contributed by atoms with Crippen LogP contribution in [-0.4, -0.2) is 33.1 Å². The minimum Gasteiger partial charge on any atom is -0.500 e. The van der Waals surface area contributed by atoms with Crippen LogP contribution in [0.1, 0.15) is 12.6 Å². The van der Waals surface area contributed by atoms with E-state index in [-0.39, 0.29) is 32.8 Å². The molecule has 13 heteroatoms. The van der Waals surface area contributed by atoms with Crippen molar-refractivity contribution >= 4 is 40.9 Å². The highest BCUT2D eigenvalue weighted by atomic mass is 35.5. The molecule has 1 heterocycles. The molecule has 0 aliphatic heterocycles. The Kier molecular flexibility index (Phi) is 7.56. The molecule has 0 bridgehead atoms. The number of carbonyl (C=O) groups is 1. The molecule has 31 heavy (non-hydrogen) atoms. The second kappa shape index (κ2) is 9.41. The lowest BCUT2D eigenvalue weighted by Gasteiger charge is -2.16. The van der Waals surface area contributed by atoms with Gasteiger partial charge in [0.1, 0.15) is 11.5 Å². The standard InChI is InChI=1S/C18H15Cl2F3N2O5S/c1-8(16(27)28)12(30-3)7-31-13-5-11(9(19)4-10(13)20)25-15(26)6-14(18(21,22)23)24(2)17(25)29/h4-6H,7H2,1-3H3,(H,27,28). The normalized spacial score (nSPS) is 12.5. The van der Waals surface area contributed by atoms with Gasteiger partial charge in [-0.1, -0.05) is 23.2 Å². The van der Waals surface area contributed by atoms with Crippen LogP contribution < -0.4 is 11.2 Å². The first-order chi connectivity index (χ1) is 14.3. The maximum absolute atomic E-state index is 13.1. The Labute approximate surface area is 187 Å². The van der Waals surface area contributed by atoms with Gasteiger partial charge in [-0.15, -0.1) is 11.8 Å². The summed E-state index contributed by atoms with van der Waals surface area (Å²) in [7, 11) is 2.17. The van der Waals surface area contributed by atoms with Crippen molar-refractivity contribution in [1.29, 1.82) is 0 Å². The maximum atomic E-state index is 13.1. The van der Waals surface area contributed by atoms with Crippen molar-refractivity contribution in [1.82, 2.24) is 9.13 Å². The van der Waals surface area contributed by atoms with Crippen molar-refractivity contribution in [2.45, 2.75) is 18.0 Å². The Morgan fingerprint density at radius 2 is 1.81 bits per heavy atom. The van der Waals surface area contributed by atoms with Gasteiger partial charge in [-0.3, -0.25) is 9.36 Å². The van der Waals surface area contributed by atoms with Gasteiger partial charge in [0.05, 0.1) is 34.2 Å². The summed E-state index contributed by atoms with van der Waals surface area (Å²) in [6.45, 7) is 1.35. The minimum absolute atomic E-state index is 0.0341. The van der Waals surface area contributed by atoms with Gasteiger partial charge in [-0.25, -0.2) is 14.2 Å². The Morgan fingerprint density at radius 1 is 1.19 bits per heavy atom. The molecule has 0 amide bonds. The monoisotopic (exact) mass is 498 g/mol. The van der Waals surface area contributed by atoms with Gasteiger partial charge in [0.25, 0.3) is 5.56 Å². The summed E-state index contributed by atoms with van der Waals surface area (Å²) in [6.07, 6.45) is -4.90. The van der Waals surface area contributed by atoms with Crippen LogP contribution in [0, 0.1) is 0 Å². The molecule has 0 spiro atoms. The predicted molar refractivity (Wildman–Crippen MR) is 110 cm³/mol. The highest BCUT2D eigenvalue weighted by Gasteiger charge is 2.35. The minimum atomic E-state index is -4.90. The molecule has 168 valence electrons. The third kappa shape index (κ3) is 5.28. The summed E-state index contributed by atoms with van der Waals surface area (Å²) in [5.41, 5.74) is -4.09. The smallest absolute Gasteiger partial charge is 0.431 e. The van der Waals surface area contributed by atoms with E-state index in [4.69, 9.17) is 33.0 Å². The first-order valence-corrected chi connectivity index (χ1v) is 10.0. The van der Waals surface area contributed by atoms with Crippen LogP contribution in [0.5, 0.6) is 0 Å². The van der Waals surface area contributed by atoms with E-state index in [9.17, 15) is 27.6 Å². The quantitative estimate of drug-likeness (QED) is 0.368. The number of rotatable bonds is 6. The summed E-state index contributed by atoms with van der Waals surface area (Å²) < 4.78 is 45.0. The highest BCUT2D eigenvalue weighted by Crippen LogP contribution is 2.35. The van der Waals surface area contributed by atoms with Crippen molar-refractivity contribution in [3.63, 3.8) is 0 Å². The van der Waals surface area contributed by atoms with Gasteiger partial charge < -0.3 is 9.84 Å². The molecule has 0 atom stereocenters. The van der Waals surface area contributed by atoms with Crippen LogP contribution in [0.15, 0.2) is 44.0 Å². The number of alkyl halides is 3. The van der Waals surface area contributed by atoms with Gasteiger partial charge in [0, 0.05) is 18.0 Å². The summed E-state index contributed by atoms with van der Waals surface area (Å²) >= 11 is 13.3. The number of nitrogens with zero attached hydrogens (tertiary/aromatic N) is 2. The number of aromatic nitrogens is 2. The third-order valence-corrected chi connectivity index (χ3v) is 5.98. The Morgan fingerprint density at radius 3 is 2.32 bits per heavy atom. The third-order valence-electron chi connectivity index (χ3n) is 4.20. The van der Waals surface area contributed by atoms with E-state index in [2.05, 4.69) is 0 Å². The number of methoxy groups -OCH3 is 1. The fourth-order valence-corrected chi connectivity index (χ4v) is 4.15. The average Bonchev–Trinajstić information content (AvgIpc) is 2.66. The average molecular weight is 499 g/mol. The number of hydrogen-bond acceptors (Lipinski definition) is 5. The molecule has 2 rings (SSSR count). The number of hydrogen-bond donors (Lipinski definition) is 1. The van der Waals surface area contributed by atoms with Crippen LogP contribution in [0.25, 0.3) is 5.69 Å². The Balaban J connectivity index is 2.60. The summed E-state index contributed by atoms with van der Waals surface area (Å²) in [4.78, 5) is 36.3. The van der Waals surface area contributed by atoms with E-state index in [0.717, 1.165) is 18.8 Å². The summed E-state index contributed by atoms with van der Waals surface area (Å²) in [5.74, 6) is -0.997. The number of aliphatic carboxylic acids is 1. The highest BCUT2D eigenvalue weighted by molar-refractivity contribution is 7.99. The molecule has 0 fully saturated rings. The van der Waals surface area contributed by atoms with Gasteiger partial charge in [0.15, 0.2) is 0 Å². The zero-order valence-electron chi connectivity index (χ0n) is 16.2. The van der Waals surface area contributed by atoms with Crippen molar-refractivity contribution in [2.24, 2.45) is 7.05 Å². The topological polar surface area (TPSA) is 90.5 Å². The van der Waals surface area contributed by atoms with Crippen molar-refractivity contribution in [2.75, 3.05) is 12.9 Å². The molecule has 0 saturated carbocycles. The van der Waals surface area contributed by atoms with E-state index in [0.29, 0.717) is 20.1 Å². The summed E-state index contributed by atoms with van der Waals surface area (Å²) in [6, 6.07) is 2.78. The lowest BCUT2D eigenvalue weighted by molar-refractivity contribution is -0.144. The molecule has 1 N–H and O–H groups in total. The van der Waals surface area contributed by atoms with Crippen LogP contribution in [0.4, 0.5) is 13.2 Å². The van der Waals surface area contributed by atoms with Crippen LogP contribution >= 0.6 is 35.0 Å². The molecule has 0 aliphatic rings. The molecule has 0 aliphatic carbocycles. The first-order valence-electron chi connectivity index (χ1n) is 8.29. The zero-order chi connectivity index (χ0) is 23.7.